The molecule has 1 atom stereocenters. The molecule has 1 saturated heterocycles. The lowest BCUT2D eigenvalue weighted by Gasteiger charge is -2.16. The third-order valence-corrected chi connectivity index (χ3v) is 6.02. The first kappa shape index (κ1) is 23.5. The van der Waals surface area contributed by atoms with Gasteiger partial charge in [0.1, 0.15) is 12.2 Å². The molecule has 186 valence electrons. The molecule has 13 heteroatoms. The highest BCUT2D eigenvalue weighted by Crippen LogP contribution is 2.34. The summed E-state index contributed by atoms with van der Waals surface area (Å²) in [6.45, 7) is 1.58. The average Bonchev–Trinajstić information content (AvgIpc) is 3.57. The van der Waals surface area contributed by atoms with Gasteiger partial charge in [-0.25, -0.2) is 23.7 Å². The topological polar surface area (TPSA) is 135 Å². The van der Waals surface area contributed by atoms with Gasteiger partial charge in [0, 0.05) is 32.3 Å². The number of nitrogens with zero attached hydrogens (tertiary/aromatic N) is 7. The van der Waals surface area contributed by atoms with Crippen LogP contribution >= 0.6 is 0 Å². The maximum atomic E-state index is 12.7. The van der Waals surface area contributed by atoms with E-state index in [1.54, 1.807) is 44.4 Å². The molecule has 2 N–H and O–H groups in total. The molecular formula is C23H22F2N8O3. The Kier molecular flexibility index (Phi) is 5.92. The van der Waals surface area contributed by atoms with Gasteiger partial charge < -0.3 is 19.8 Å². The van der Waals surface area contributed by atoms with Gasteiger partial charge in [0.25, 0.3) is 12.3 Å². The molecule has 5 rings (SSSR count). The zero-order valence-corrected chi connectivity index (χ0v) is 19.4. The molecule has 0 radical (unpaired) electrons. The van der Waals surface area contributed by atoms with Crippen LogP contribution in [-0.4, -0.2) is 65.8 Å². The van der Waals surface area contributed by atoms with Gasteiger partial charge in [-0.3, -0.25) is 9.48 Å². The summed E-state index contributed by atoms with van der Waals surface area (Å²) in [5, 5.41) is 21.8. The zero-order valence-electron chi connectivity index (χ0n) is 19.4. The molecule has 11 nitrogen and oxygen atoms in total. The molecule has 0 bridgehead atoms. The fourth-order valence-corrected chi connectivity index (χ4v) is 3.96. The van der Waals surface area contributed by atoms with Crippen molar-refractivity contribution in [3.63, 3.8) is 0 Å². The van der Waals surface area contributed by atoms with Gasteiger partial charge in [0.2, 0.25) is 11.5 Å². The highest BCUT2D eigenvalue weighted by Gasteiger charge is 2.48. The number of anilines is 2. The third-order valence-electron chi connectivity index (χ3n) is 6.02. The molecule has 1 fully saturated rings. The largest absolute Gasteiger partial charge is 0.373 e. The molecule has 1 aliphatic rings. The highest BCUT2D eigenvalue weighted by molar-refractivity contribution is 5.87. The second-order valence-corrected chi connectivity index (χ2v) is 8.43. The summed E-state index contributed by atoms with van der Waals surface area (Å²) in [6, 6.07) is 8.43. The molecule has 0 aromatic carbocycles. The Bertz CT molecular complexity index is 1420. The van der Waals surface area contributed by atoms with Gasteiger partial charge >= 0.3 is 0 Å². The Balaban J connectivity index is 1.38. The number of carbonyl (C=O) groups excluding carboxylic acids is 1. The number of pyridine rings is 1. The second kappa shape index (κ2) is 9.07. The number of aromatic nitrogens is 6. The van der Waals surface area contributed by atoms with E-state index in [4.69, 9.17) is 4.52 Å². The van der Waals surface area contributed by atoms with Crippen molar-refractivity contribution in [3.05, 3.63) is 54.2 Å². The minimum Gasteiger partial charge on any atom is -0.373 e. The third kappa shape index (κ3) is 4.28. The Morgan fingerprint density at radius 3 is 2.67 bits per heavy atom. The maximum Gasteiger partial charge on any atom is 0.262 e. The van der Waals surface area contributed by atoms with Crippen molar-refractivity contribution in [3.8, 4) is 22.8 Å². The van der Waals surface area contributed by atoms with Crippen molar-refractivity contribution >= 4 is 17.5 Å². The normalized spacial score (nSPS) is 17.8. The van der Waals surface area contributed by atoms with E-state index in [9.17, 15) is 18.7 Å². The van der Waals surface area contributed by atoms with E-state index >= 15 is 0 Å². The van der Waals surface area contributed by atoms with Crippen LogP contribution in [0.5, 0.6) is 0 Å². The minimum absolute atomic E-state index is 0.0651. The summed E-state index contributed by atoms with van der Waals surface area (Å²) < 4.78 is 31.9. The molecule has 0 aliphatic carbocycles. The van der Waals surface area contributed by atoms with Crippen LogP contribution in [0, 0.1) is 6.92 Å². The van der Waals surface area contributed by atoms with Gasteiger partial charge in [-0.05, 0) is 25.1 Å². The van der Waals surface area contributed by atoms with E-state index in [1.165, 1.54) is 21.8 Å². The smallest absolute Gasteiger partial charge is 0.262 e. The molecule has 0 spiro atoms. The Hall–Kier alpha value is -4.26. The van der Waals surface area contributed by atoms with E-state index in [0.717, 1.165) is 0 Å². The summed E-state index contributed by atoms with van der Waals surface area (Å²) in [7, 11) is 1.62. The van der Waals surface area contributed by atoms with Crippen LogP contribution in [0.3, 0.4) is 0 Å². The van der Waals surface area contributed by atoms with Crippen molar-refractivity contribution in [1.29, 1.82) is 0 Å². The lowest BCUT2D eigenvalue weighted by atomic mass is 9.98. The van der Waals surface area contributed by atoms with Gasteiger partial charge in [-0.2, -0.15) is 5.10 Å². The van der Waals surface area contributed by atoms with Crippen LogP contribution in [0.25, 0.3) is 22.8 Å². The molecular weight excluding hydrogens is 474 g/mol. The molecule has 0 unspecified atom stereocenters. The van der Waals surface area contributed by atoms with Crippen molar-refractivity contribution in [2.75, 3.05) is 18.9 Å². The van der Waals surface area contributed by atoms with E-state index in [0.29, 0.717) is 40.7 Å². The van der Waals surface area contributed by atoms with Crippen LogP contribution < -0.4 is 5.32 Å². The summed E-state index contributed by atoms with van der Waals surface area (Å²) in [5.74, 6) is -0.132. The summed E-state index contributed by atoms with van der Waals surface area (Å²) in [5.41, 5.74) is 1.13. The number of rotatable bonds is 7. The number of amides is 1. The van der Waals surface area contributed by atoms with Crippen molar-refractivity contribution in [2.24, 2.45) is 0 Å². The number of halogens is 2. The van der Waals surface area contributed by atoms with Crippen molar-refractivity contribution < 1.29 is 23.2 Å². The van der Waals surface area contributed by atoms with Crippen molar-refractivity contribution in [2.45, 2.75) is 31.9 Å². The van der Waals surface area contributed by atoms with Gasteiger partial charge in [-0.1, -0.05) is 11.2 Å². The Morgan fingerprint density at radius 1 is 1.19 bits per heavy atom. The van der Waals surface area contributed by atoms with Crippen LogP contribution in [0.15, 0.2) is 47.2 Å². The molecule has 1 aliphatic heterocycles. The summed E-state index contributed by atoms with van der Waals surface area (Å²) >= 11 is 0. The molecule has 4 aromatic heterocycles. The van der Waals surface area contributed by atoms with E-state index in [2.05, 4.69) is 30.5 Å². The van der Waals surface area contributed by atoms with Crippen LogP contribution in [0.2, 0.25) is 0 Å². The number of hydrogen-bond donors (Lipinski definition) is 2. The molecule has 1 amide bonds. The predicted molar refractivity (Wildman–Crippen MR) is 123 cm³/mol. The molecule has 36 heavy (non-hydrogen) atoms. The number of carbonyl (C=O) groups is 1. The first-order valence-corrected chi connectivity index (χ1v) is 11.1. The Labute approximate surface area is 203 Å². The van der Waals surface area contributed by atoms with Gasteiger partial charge in [0.05, 0.1) is 34.7 Å². The average molecular weight is 496 g/mol. The molecule has 4 aromatic rings. The summed E-state index contributed by atoms with van der Waals surface area (Å²) in [6.07, 6.45) is 0.680. The number of likely N-dealkylation sites (N-methyl/N-ethyl adjacent to an activating group) is 1. The fraction of sp³-hybridized carbons (Fsp3) is 0.304. The first-order chi connectivity index (χ1) is 17.2. The minimum atomic E-state index is -2.52. The Morgan fingerprint density at radius 2 is 1.94 bits per heavy atom. The number of hydrogen-bond acceptors (Lipinski definition) is 9. The monoisotopic (exact) mass is 496 g/mol. The van der Waals surface area contributed by atoms with E-state index < -0.39 is 24.5 Å². The van der Waals surface area contributed by atoms with Crippen LogP contribution in [-0.2, 0) is 16.9 Å². The van der Waals surface area contributed by atoms with E-state index in [1.807, 2.05) is 0 Å². The molecule has 0 saturated carbocycles. The van der Waals surface area contributed by atoms with E-state index in [-0.39, 0.29) is 18.1 Å². The second-order valence-electron chi connectivity index (χ2n) is 8.43. The van der Waals surface area contributed by atoms with Crippen molar-refractivity contribution in [1.82, 2.24) is 34.8 Å². The van der Waals surface area contributed by atoms with Crippen LogP contribution in [0.1, 0.15) is 17.9 Å². The van der Waals surface area contributed by atoms with Gasteiger partial charge in [0.15, 0.2) is 5.76 Å². The first-order valence-electron chi connectivity index (χ1n) is 11.1. The lowest BCUT2D eigenvalue weighted by molar-refractivity contribution is -0.144. The maximum absolute atomic E-state index is 12.7. The van der Waals surface area contributed by atoms with Crippen LogP contribution in [0.4, 0.5) is 20.4 Å². The summed E-state index contributed by atoms with van der Waals surface area (Å²) in [4.78, 5) is 27.1. The number of likely N-dealkylation sites (tertiary alicyclic amines) is 1. The fourth-order valence-electron chi connectivity index (χ4n) is 3.96. The highest BCUT2D eigenvalue weighted by atomic mass is 19.3. The zero-order chi connectivity index (χ0) is 25.4. The standard InChI is InChI=1S/C23H22F2N8O3/c1-13-18(11-27-33(13)12-20(24)25)30-22-26-8-6-16(29-22)14-4-3-5-15(28-14)17-10-19(36-31-17)23(35)7-9-32(2)21(23)34/h3-6,8,10-11,20,35H,7,9,12H2,1-2H3,(H,26,29,30)/t23-/m1/s1. The molecule has 5 heterocycles. The quantitative estimate of drug-likeness (QED) is 0.396. The number of alkyl halides is 2. The predicted octanol–water partition coefficient (Wildman–Crippen LogP) is 2.76. The SMILES string of the molecule is Cc1c(Nc2nccc(-c3cccc(-c4cc([C@]5(O)CCN(C)C5=O)on4)n3)n2)cnn1CC(F)F. The number of aliphatic hydroxyl groups is 1. The van der Waals surface area contributed by atoms with Gasteiger partial charge in [-0.15, -0.1) is 0 Å². The number of nitrogens with one attached hydrogen (secondary N) is 1. The lowest BCUT2D eigenvalue weighted by Crippen LogP contribution is -2.35.